The van der Waals surface area contributed by atoms with Gasteiger partial charge < -0.3 is 10.3 Å². The van der Waals surface area contributed by atoms with Crippen molar-refractivity contribution in [2.45, 2.75) is 25.9 Å². The third-order valence-electron chi connectivity index (χ3n) is 2.90. The van der Waals surface area contributed by atoms with Gasteiger partial charge in [0.15, 0.2) is 0 Å². The van der Waals surface area contributed by atoms with Crippen molar-refractivity contribution in [3.8, 4) is 0 Å². The summed E-state index contributed by atoms with van der Waals surface area (Å²) in [6, 6.07) is 5.47. The van der Waals surface area contributed by atoms with Crippen molar-refractivity contribution in [3.63, 3.8) is 0 Å². The molecule has 0 saturated carbocycles. The van der Waals surface area contributed by atoms with Crippen LogP contribution in [0.1, 0.15) is 11.3 Å². The average Bonchev–Trinajstić information content (AvgIpc) is 2.91. The van der Waals surface area contributed by atoms with E-state index in [-0.39, 0.29) is 11.2 Å². The zero-order valence-corrected chi connectivity index (χ0v) is 11.4. The van der Waals surface area contributed by atoms with Gasteiger partial charge in [-0.25, -0.2) is 4.79 Å². The molecule has 0 aliphatic rings. The van der Waals surface area contributed by atoms with Crippen molar-refractivity contribution in [1.29, 1.82) is 0 Å². The minimum Gasteiger partial charge on any atom is -0.330 e. The summed E-state index contributed by atoms with van der Waals surface area (Å²) in [6.07, 6.45) is 2.99. The second kappa shape index (κ2) is 6.49. The molecule has 0 fully saturated rings. The van der Waals surface area contributed by atoms with Crippen LogP contribution in [0.4, 0.5) is 0 Å². The molecule has 19 heavy (non-hydrogen) atoms. The van der Waals surface area contributed by atoms with Gasteiger partial charge in [-0.05, 0) is 30.8 Å². The molecule has 2 aromatic heterocycles. The van der Waals surface area contributed by atoms with Gasteiger partial charge in [0.25, 0.3) is 5.56 Å². The van der Waals surface area contributed by atoms with Crippen LogP contribution < -0.4 is 17.0 Å². The minimum atomic E-state index is -0.258. The molecule has 0 aromatic carbocycles. The molecule has 0 aliphatic carbocycles. The Hall–Kier alpha value is -1.66. The first-order chi connectivity index (χ1) is 9.22. The van der Waals surface area contributed by atoms with E-state index in [2.05, 4.69) is 0 Å². The lowest BCUT2D eigenvalue weighted by Gasteiger charge is -2.08. The molecule has 0 saturated heterocycles. The van der Waals surface area contributed by atoms with Gasteiger partial charge >= 0.3 is 5.69 Å². The van der Waals surface area contributed by atoms with E-state index in [1.165, 1.54) is 15.5 Å². The maximum absolute atomic E-state index is 12.1. The van der Waals surface area contributed by atoms with Gasteiger partial charge in [-0.1, -0.05) is 6.07 Å². The molecule has 0 spiro atoms. The number of nitrogens with two attached hydrogens (primary N) is 1. The minimum absolute atomic E-state index is 0.252. The summed E-state index contributed by atoms with van der Waals surface area (Å²) >= 11 is 1.67. The highest BCUT2D eigenvalue weighted by molar-refractivity contribution is 7.09. The van der Waals surface area contributed by atoms with E-state index in [1.807, 2.05) is 17.5 Å². The number of nitrogens with zero attached hydrogens (tertiary/aromatic N) is 2. The maximum Gasteiger partial charge on any atom is 0.330 e. The van der Waals surface area contributed by atoms with Crippen LogP contribution in [0.2, 0.25) is 0 Å². The van der Waals surface area contributed by atoms with Gasteiger partial charge in [-0.3, -0.25) is 9.36 Å². The molecule has 2 N–H and O–H groups in total. The van der Waals surface area contributed by atoms with Crippen molar-refractivity contribution in [2.24, 2.45) is 5.73 Å². The molecule has 2 heterocycles. The number of rotatable bonds is 6. The lowest BCUT2D eigenvalue weighted by molar-refractivity contribution is 0.537. The summed E-state index contributed by atoms with van der Waals surface area (Å²) in [5.74, 6) is 0. The highest BCUT2D eigenvalue weighted by Crippen LogP contribution is 2.09. The third-order valence-corrected chi connectivity index (χ3v) is 3.84. The second-order valence-corrected chi connectivity index (χ2v) is 5.29. The lowest BCUT2D eigenvalue weighted by Crippen LogP contribution is -2.39. The zero-order valence-electron chi connectivity index (χ0n) is 10.6. The Morgan fingerprint density at radius 2 is 2.05 bits per heavy atom. The summed E-state index contributed by atoms with van der Waals surface area (Å²) in [5, 5.41) is 2.01. The first-order valence-corrected chi connectivity index (χ1v) is 7.13. The number of hydrogen-bond acceptors (Lipinski definition) is 4. The highest BCUT2D eigenvalue weighted by Gasteiger charge is 2.05. The Labute approximate surface area is 114 Å². The fourth-order valence-corrected chi connectivity index (χ4v) is 2.57. The molecule has 0 unspecified atom stereocenters. The topological polar surface area (TPSA) is 70.0 Å². The number of thiophene rings is 1. The van der Waals surface area contributed by atoms with E-state index in [0.29, 0.717) is 26.1 Å². The van der Waals surface area contributed by atoms with Gasteiger partial charge in [0.05, 0.1) is 0 Å². The van der Waals surface area contributed by atoms with Crippen LogP contribution in [0.3, 0.4) is 0 Å². The van der Waals surface area contributed by atoms with Crippen LogP contribution in [-0.2, 0) is 19.5 Å². The van der Waals surface area contributed by atoms with Crippen LogP contribution in [-0.4, -0.2) is 15.7 Å². The maximum atomic E-state index is 12.1. The molecule has 5 nitrogen and oxygen atoms in total. The van der Waals surface area contributed by atoms with Gasteiger partial charge in [0, 0.05) is 30.2 Å². The number of aryl methyl sites for hydroxylation is 2. The highest BCUT2D eigenvalue weighted by atomic mass is 32.1. The molecular formula is C13H17N3O2S. The molecule has 0 atom stereocenters. The van der Waals surface area contributed by atoms with Crippen LogP contribution in [0.5, 0.6) is 0 Å². The predicted octanol–water partition coefficient (Wildman–Crippen LogP) is 0.663. The van der Waals surface area contributed by atoms with Gasteiger partial charge in [-0.15, -0.1) is 11.3 Å². The molecule has 6 heteroatoms. The Balaban J connectivity index is 2.17. The number of aromatic nitrogens is 2. The van der Waals surface area contributed by atoms with Gasteiger partial charge in [-0.2, -0.15) is 0 Å². The molecule has 2 rings (SSSR count). The second-order valence-electron chi connectivity index (χ2n) is 4.25. The van der Waals surface area contributed by atoms with E-state index >= 15 is 0 Å². The van der Waals surface area contributed by atoms with E-state index in [0.717, 1.165) is 6.42 Å². The van der Waals surface area contributed by atoms with Crippen LogP contribution in [0.15, 0.2) is 39.4 Å². The summed E-state index contributed by atoms with van der Waals surface area (Å²) < 4.78 is 2.83. The summed E-state index contributed by atoms with van der Waals surface area (Å²) in [7, 11) is 0. The summed E-state index contributed by atoms with van der Waals surface area (Å²) in [5.41, 5.74) is 4.90. The van der Waals surface area contributed by atoms with Crippen molar-refractivity contribution < 1.29 is 0 Å². The van der Waals surface area contributed by atoms with Crippen molar-refractivity contribution in [2.75, 3.05) is 6.54 Å². The Bertz CT molecular complexity index is 628. The Morgan fingerprint density at radius 3 is 2.74 bits per heavy atom. The molecule has 0 bridgehead atoms. The fraction of sp³-hybridized carbons (Fsp3) is 0.385. The standard InChI is InChI=1S/C13H17N3O2S/c14-6-2-7-16-12(17)5-9-15(13(16)18)8-4-11-3-1-10-19-11/h1,3,5,9-10H,2,4,6-8,14H2. The van der Waals surface area contributed by atoms with Crippen LogP contribution in [0, 0.1) is 0 Å². The van der Waals surface area contributed by atoms with Gasteiger partial charge in [0.1, 0.15) is 0 Å². The summed E-state index contributed by atoms with van der Waals surface area (Å²) in [6.45, 7) is 1.44. The smallest absolute Gasteiger partial charge is 0.330 e. The monoisotopic (exact) mass is 279 g/mol. The van der Waals surface area contributed by atoms with Crippen LogP contribution in [0.25, 0.3) is 0 Å². The van der Waals surface area contributed by atoms with Crippen molar-refractivity contribution in [1.82, 2.24) is 9.13 Å². The molecule has 0 radical (unpaired) electrons. The Kier molecular flexibility index (Phi) is 4.70. The molecule has 0 aliphatic heterocycles. The lowest BCUT2D eigenvalue weighted by atomic mass is 10.3. The van der Waals surface area contributed by atoms with Gasteiger partial charge in [0.2, 0.25) is 0 Å². The SMILES string of the molecule is NCCCn1c(=O)ccn(CCc2cccs2)c1=O. The molecule has 2 aromatic rings. The Morgan fingerprint density at radius 1 is 1.21 bits per heavy atom. The molecular weight excluding hydrogens is 262 g/mol. The first-order valence-electron chi connectivity index (χ1n) is 6.25. The van der Waals surface area contributed by atoms with Crippen molar-refractivity contribution in [3.05, 3.63) is 55.5 Å². The van der Waals surface area contributed by atoms with E-state index in [9.17, 15) is 9.59 Å². The zero-order chi connectivity index (χ0) is 13.7. The van der Waals surface area contributed by atoms with E-state index < -0.39 is 0 Å². The quantitative estimate of drug-likeness (QED) is 0.844. The van der Waals surface area contributed by atoms with E-state index in [4.69, 9.17) is 5.73 Å². The normalized spacial score (nSPS) is 10.8. The number of hydrogen-bond donors (Lipinski definition) is 1. The van der Waals surface area contributed by atoms with Crippen LogP contribution >= 0.6 is 11.3 Å². The van der Waals surface area contributed by atoms with E-state index in [1.54, 1.807) is 22.1 Å². The first kappa shape index (κ1) is 13.8. The summed E-state index contributed by atoms with van der Waals surface area (Å²) in [4.78, 5) is 25.0. The largest absolute Gasteiger partial charge is 0.330 e. The molecule has 102 valence electrons. The van der Waals surface area contributed by atoms with Crippen molar-refractivity contribution >= 4 is 11.3 Å². The predicted molar refractivity (Wildman–Crippen MR) is 76.7 cm³/mol. The average molecular weight is 279 g/mol. The fourth-order valence-electron chi connectivity index (χ4n) is 1.87. The third kappa shape index (κ3) is 3.42. The molecule has 0 amide bonds.